The number of rotatable bonds is 10. The van der Waals surface area contributed by atoms with E-state index in [2.05, 4.69) is 38.5 Å². The number of carbonyl (C=O) groups excluding carboxylic acids is 1. The van der Waals surface area contributed by atoms with Gasteiger partial charge in [-0.25, -0.2) is 4.98 Å². The molecule has 1 aliphatic heterocycles. The molecule has 1 amide bonds. The Balaban J connectivity index is 1.14. The normalized spacial score (nSPS) is 16.8. The summed E-state index contributed by atoms with van der Waals surface area (Å²) in [6.45, 7) is 2.04. The summed E-state index contributed by atoms with van der Waals surface area (Å²) in [4.78, 5) is 21.2. The number of hydrogen-bond donors (Lipinski definition) is 2. The van der Waals surface area contributed by atoms with Crippen LogP contribution in [0.3, 0.4) is 0 Å². The van der Waals surface area contributed by atoms with Crippen molar-refractivity contribution in [3.05, 3.63) is 78.5 Å². The molecular weight excluding hydrogens is 518 g/mol. The summed E-state index contributed by atoms with van der Waals surface area (Å²) in [6.07, 6.45) is 8.56. The number of nitrogens with one attached hydrogen (secondary N) is 2. The van der Waals surface area contributed by atoms with Gasteiger partial charge < -0.3 is 19.7 Å². The maximum Gasteiger partial charge on any atom is 0.246 e. The second-order valence-electron chi connectivity index (χ2n) is 10.4. The van der Waals surface area contributed by atoms with E-state index < -0.39 is 0 Å². The minimum Gasteiger partial charge on any atom is -0.457 e. The van der Waals surface area contributed by atoms with E-state index in [0.29, 0.717) is 64.5 Å². The smallest absolute Gasteiger partial charge is 0.246 e. The van der Waals surface area contributed by atoms with Crippen LogP contribution in [0.1, 0.15) is 24.8 Å². The van der Waals surface area contributed by atoms with Crippen molar-refractivity contribution in [3.8, 4) is 29.1 Å². The van der Waals surface area contributed by atoms with Gasteiger partial charge in [0.05, 0.1) is 5.56 Å². The average Bonchev–Trinajstić information content (AvgIpc) is 3.61. The minimum absolute atomic E-state index is 0.0276. The second kappa shape index (κ2) is 11.7. The van der Waals surface area contributed by atoms with Crippen LogP contribution in [0.2, 0.25) is 0 Å². The molecule has 2 aromatic heterocycles. The number of para-hydroxylation sites is 1. The van der Waals surface area contributed by atoms with Gasteiger partial charge in [-0.1, -0.05) is 24.3 Å². The molecule has 10 heteroatoms. The van der Waals surface area contributed by atoms with Gasteiger partial charge in [0.15, 0.2) is 11.5 Å². The van der Waals surface area contributed by atoms with Crippen molar-refractivity contribution < 1.29 is 14.3 Å². The van der Waals surface area contributed by atoms with Crippen molar-refractivity contribution in [3.63, 3.8) is 0 Å². The molecule has 0 radical (unpaired) electrons. The van der Waals surface area contributed by atoms with E-state index in [4.69, 9.17) is 9.47 Å². The number of likely N-dealkylation sites (tertiary alicyclic amines) is 1. The first-order valence-corrected chi connectivity index (χ1v) is 13.8. The number of fused-ring (bicyclic) bond motifs is 1. The maximum atomic E-state index is 12.7. The van der Waals surface area contributed by atoms with Gasteiger partial charge in [0, 0.05) is 56.1 Å². The molecule has 10 nitrogen and oxygen atoms in total. The van der Waals surface area contributed by atoms with Crippen molar-refractivity contribution in [2.75, 3.05) is 32.0 Å². The zero-order valence-electron chi connectivity index (χ0n) is 22.8. The van der Waals surface area contributed by atoms with Crippen LogP contribution in [-0.4, -0.2) is 69.7 Å². The molecule has 1 aliphatic carbocycles. The quantitative estimate of drug-likeness (QED) is 0.263. The number of likely N-dealkylation sites (N-methyl/N-ethyl adjacent to an activating group) is 1. The highest BCUT2D eigenvalue weighted by Gasteiger charge is 2.28. The molecule has 3 heterocycles. The van der Waals surface area contributed by atoms with Crippen molar-refractivity contribution in [2.45, 2.75) is 31.3 Å². The number of benzene rings is 2. The molecule has 0 spiro atoms. The lowest BCUT2D eigenvalue weighted by atomic mass is 10.2. The summed E-state index contributed by atoms with van der Waals surface area (Å²) >= 11 is 0. The summed E-state index contributed by atoms with van der Waals surface area (Å²) in [5.74, 6) is 2.74. The van der Waals surface area contributed by atoms with E-state index in [0.717, 1.165) is 13.0 Å². The van der Waals surface area contributed by atoms with E-state index in [1.165, 1.54) is 12.8 Å². The topological polar surface area (TPSA) is 119 Å². The maximum absolute atomic E-state index is 12.7. The van der Waals surface area contributed by atoms with Crippen LogP contribution in [0.25, 0.3) is 11.0 Å². The fraction of sp³-hybridized carbons (Fsp3) is 0.290. The molecule has 0 unspecified atom stereocenters. The van der Waals surface area contributed by atoms with Crippen LogP contribution in [-0.2, 0) is 4.79 Å². The van der Waals surface area contributed by atoms with E-state index in [1.807, 2.05) is 41.3 Å². The fourth-order valence-corrected chi connectivity index (χ4v) is 4.97. The molecule has 1 saturated heterocycles. The molecular formula is C31H31N7O3. The van der Waals surface area contributed by atoms with Crippen LogP contribution in [0.4, 0.5) is 5.82 Å². The van der Waals surface area contributed by atoms with Crippen LogP contribution in [0, 0.1) is 11.3 Å². The molecule has 0 bridgehead atoms. The minimum atomic E-state index is 0.0276. The summed E-state index contributed by atoms with van der Waals surface area (Å²) in [7, 11) is 2.10. The number of hydrogen-bond acceptors (Lipinski definition) is 8. The fourth-order valence-electron chi connectivity index (χ4n) is 4.97. The van der Waals surface area contributed by atoms with E-state index in [1.54, 1.807) is 36.5 Å². The Morgan fingerprint density at radius 1 is 1.15 bits per heavy atom. The number of nitrogens with zero attached hydrogens (tertiary/aromatic N) is 5. The molecule has 208 valence electrons. The number of nitriles is 1. The Morgan fingerprint density at radius 3 is 2.80 bits per heavy atom. The van der Waals surface area contributed by atoms with Gasteiger partial charge >= 0.3 is 0 Å². The highest BCUT2D eigenvalue weighted by molar-refractivity contribution is 5.93. The predicted molar refractivity (Wildman–Crippen MR) is 155 cm³/mol. The third-order valence-corrected chi connectivity index (χ3v) is 7.36. The first-order chi connectivity index (χ1) is 20.1. The van der Waals surface area contributed by atoms with Gasteiger partial charge in [0.25, 0.3) is 0 Å². The van der Waals surface area contributed by atoms with Crippen molar-refractivity contribution in [1.82, 2.24) is 25.0 Å². The number of amides is 1. The van der Waals surface area contributed by atoms with Gasteiger partial charge in [0.1, 0.15) is 34.5 Å². The Labute approximate surface area is 238 Å². The number of aromatic amines is 1. The number of pyridine rings is 1. The van der Waals surface area contributed by atoms with E-state index >= 15 is 0 Å². The van der Waals surface area contributed by atoms with Crippen LogP contribution >= 0.6 is 0 Å². The molecule has 1 saturated carbocycles. The van der Waals surface area contributed by atoms with Crippen LogP contribution in [0.5, 0.6) is 23.0 Å². The van der Waals surface area contributed by atoms with Crippen molar-refractivity contribution in [1.29, 1.82) is 5.26 Å². The largest absolute Gasteiger partial charge is 0.457 e. The Bertz CT molecular complexity index is 1610. The molecule has 2 fully saturated rings. The molecule has 4 aromatic rings. The Kier molecular flexibility index (Phi) is 7.52. The molecule has 1 atom stereocenters. The molecule has 6 rings (SSSR count). The Hall–Kier alpha value is -4.88. The van der Waals surface area contributed by atoms with Gasteiger partial charge in [-0.05, 0) is 50.6 Å². The van der Waals surface area contributed by atoms with Gasteiger partial charge in [-0.2, -0.15) is 10.4 Å². The number of aromatic nitrogens is 3. The third-order valence-electron chi connectivity index (χ3n) is 7.36. The first-order valence-electron chi connectivity index (χ1n) is 13.8. The monoisotopic (exact) mass is 549 g/mol. The zero-order chi connectivity index (χ0) is 28.2. The lowest BCUT2D eigenvalue weighted by molar-refractivity contribution is -0.125. The van der Waals surface area contributed by atoms with Gasteiger partial charge in [-0.3, -0.25) is 14.8 Å². The van der Waals surface area contributed by atoms with Gasteiger partial charge in [-0.15, -0.1) is 0 Å². The lowest BCUT2D eigenvalue weighted by Gasteiger charge is -2.16. The molecule has 2 aliphatic rings. The second-order valence-corrected chi connectivity index (χ2v) is 10.4. The number of anilines is 1. The summed E-state index contributed by atoms with van der Waals surface area (Å²) in [5.41, 5.74) is 0.893. The van der Waals surface area contributed by atoms with Crippen molar-refractivity contribution >= 4 is 22.8 Å². The summed E-state index contributed by atoms with van der Waals surface area (Å²) in [5, 5.41) is 21.3. The van der Waals surface area contributed by atoms with Crippen molar-refractivity contribution in [2.24, 2.45) is 0 Å². The zero-order valence-corrected chi connectivity index (χ0v) is 22.8. The molecule has 41 heavy (non-hydrogen) atoms. The SMILES string of the molecule is CN(C/C=C/C(=O)N1CC[C@@H](Nc2n[nH]c3nccc(Oc4ccc(Oc5ccccc5)cc4C#N)c23)C1)C1CC1. The highest BCUT2D eigenvalue weighted by Crippen LogP contribution is 2.36. The number of carbonyl (C=O) groups is 1. The van der Waals surface area contributed by atoms with E-state index in [-0.39, 0.29) is 11.9 Å². The summed E-state index contributed by atoms with van der Waals surface area (Å²) in [6, 6.07) is 19.2. The Morgan fingerprint density at radius 2 is 2.00 bits per heavy atom. The van der Waals surface area contributed by atoms with Crippen LogP contribution in [0.15, 0.2) is 72.9 Å². The van der Waals surface area contributed by atoms with E-state index in [9.17, 15) is 10.1 Å². The first kappa shape index (κ1) is 26.3. The number of ether oxygens (including phenoxy) is 2. The standard InChI is InChI=1S/C31H31N7O3/c1-37(23-9-10-23)16-5-8-28(39)38-17-14-22(20-38)34-31-29-27(13-15-33-30(29)35-36-31)41-26-12-11-25(18-21(26)19-32)40-24-6-3-2-4-7-24/h2-8,11-13,15,18,22-23H,9-10,14,16-17,20H2,1H3,(H2,33,34,35,36)/b8-5+/t22-/m1/s1. The van der Waals surface area contributed by atoms with Gasteiger partial charge in [0.2, 0.25) is 5.91 Å². The third kappa shape index (κ3) is 6.15. The lowest BCUT2D eigenvalue weighted by Crippen LogP contribution is -2.30. The average molecular weight is 550 g/mol. The highest BCUT2D eigenvalue weighted by atomic mass is 16.5. The predicted octanol–water partition coefficient (Wildman–Crippen LogP) is 5.08. The molecule has 2 aromatic carbocycles. The number of H-pyrrole nitrogens is 1. The summed E-state index contributed by atoms with van der Waals surface area (Å²) < 4.78 is 12.1. The molecule has 2 N–H and O–H groups in total. The van der Waals surface area contributed by atoms with Crippen LogP contribution < -0.4 is 14.8 Å².